The highest BCUT2D eigenvalue weighted by molar-refractivity contribution is 5.72. The Bertz CT molecular complexity index is 835. The average molecular weight is 279 g/mol. The van der Waals surface area contributed by atoms with Crippen molar-refractivity contribution in [3.05, 3.63) is 53.3 Å². The van der Waals surface area contributed by atoms with Gasteiger partial charge in [-0.25, -0.2) is 4.98 Å². The Morgan fingerprint density at radius 2 is 2.14 bits per heavy atom. The molecule has 0 fully saturated rings. The lowest BCUT2D eigenvalue weighted by Crippen LogP contribution is -2.06. The van der Waals surface area contributed by atoms with Crippen LogP contribution in [0.1, 0.15) is 16.8 Å². The van der Waals surface area contributed by atoms with Crippen LogP contribution in [0, 0.1) is 0 Å². The number of fused-ring (bicyclic) bond motifs is 5. The number of nitrogens with zero attached hydrogens (tertiary/aromatic N) is 2. The Morgan fingerprint density at radius 1 is 1.24 bits per heavy atom. The normalized spacial score (nSPS) is 13.0. The first-order chi connectivity index (χ1) is 10.3. The molecule has 4 nitrogen and oxygen atoms in total. The number of ether oxygens (including phenoxy) is 1. The molecule has 0 atom stereocenters. The summed E-state index contributed by atoms with van der Waals surface area (Å²) in [5.74, 6) is 0.909. The molecule has 0 spiro atoms. The second-order valence-electron chi connectivity index (χ2n) is 5.40. The second kappa shape index (κ2) is 4.60. The predicted octanol–water partition coefficient (Wildman–Crippen LogP) is 2.57. The Kier molecular flexibility index (Phi) is 2.72. The van der Waals surface area contributed by atoms with E-state index >= 15 is 0 Å². The Balaban J connectivity index is 1.94. The van der Waals surface area contributed by atoms with Gasteiger partial charge < -0.3 is 14.9 Å². The third-order valence-electron chi connectivity index (χ3n) is 4.21. The number of hydrogen-bond donors (Lipinski definition) is 1. The van der Waals surface area contributed by atoms with E-state index < -0.39 is 0 Å². The fourth-order valence-electron chi connectivity index (χ4n) is 3.10. The third-order valence-corrected chi connectivity index (χ3v) is 4.21. The number of nitrogens with two attached hydrogens (primary N) is 1. The summed E-state index contributed by atoms with van der Waals surface area (Å²) < 4.78 is 7.50. The number of pyridine rings is 1. The van der Waals surface area contributed by atoms with Gasteiger partial charge in [-0.15, -0.1) is 0 Å². The predicted molar refractivity (Wildman–Crippen MR) is 82.5 cm³/mol. The van der Waals surface area contributed by atoms with Crippen molar-refractivity contribution >= 4 is 5.65 Å². The number of aryl methyl sites for hydroxylation is 2. The van der Waals surface area contributed by atoms with Gasteiger partial charge in [0.1, 0.15) is 11.4 Å². The molecule has 2 aromatic heterocycles. The van der Waals surface area contributed by atoms with Gasteiger partial charge in [0.25, 0.3) is 0 Å². The largest absolute Gasteiger partial charge is 0.497 e. The maximum atomic E-state index is 5.75. The van der Waals surface area contributed by atoms with E-state index in [-0.39, 0.29) is 0 Å². The molecule has 1 aromatic carbocycles. The van der Waals surface area contributed by atoms with Crippen LogP contribution in [0.15, 0.2) is 36.5 Å². The van der Waals surface area contributed by atoms with Crippen molar-refractivity contribution in [3.8, 4) is 17.0 Å². The zero-order valence-corrected chi connectivity index (χ0v) is 12.0. The molecular formula is C17H17N3O. The summed E-state index contributed by atoms with van der Waals surface area (Å²) in [6, 6.07) is 10.3. The van der Waals surface area contributed by atoms with Crippen LogP contribution in [0.25, 0.3) is 16.9 Å². The summed E-state index contributed by atoms with van der Waals surface area (Å²) in [6.07, 6.45) is 4.11. The van der Waals surface area contributed by atoms with Gasteiger partial charge in [0, 0.05) is 18.3 Å². The maximum absolute atomic E-state index is 5.75. The van der Waals surface area contributed by atoms with Gasteiger partial charge in [0.15, 0.2) is 0 Å². The van der Waals surface area contributed by atoms with Crippen LogP contribution >= 0.6 is 0 Å². The number of rotatable bonds is 2. The fraction of sp³-hybridized carbons (Fsp3) is 0.235. The highest BCUT2D eigenvalue weighted by Gasteiger charge is 2.21. The van der Waals surface area contributed by atoms with Gasteiger partial charge in [-0.1, -0.05) is 6.07 Å². The minimum absolute atomic E-state index is 0.552. The topological polar surface area (TPSA) is 52.5 Å². The van der Waals surface area contributed by atoms with Gasteiger partial charge in [-0.3, -0.25) is 0 Å². The van der Waals surface area contributed by atoms with Crippen molar-refractivity contribution in [3.63, 3.8) is 0 Å². The molecule has 106 valence electrons. The maximum Gasteiger partial charge on any atom is 0.137 e. The second-order valence-corrected chi connectivity index (χ2v) is 5.40. The van der Waals surface area contributed by atoms with Crippen LogP contribution in [-0.4, -0.2) is 16.5 Å². The summed E-state index contributed by atoms with van der Waals surface area (Å²) in [6.45, 7) is 0.552. The van der Waals surface area contributed by atoms with Crippen LogP contribution in [-0.2, 0) is 19.4 Å². The molecule has 0 bridgehead atoms. The van der Waals surface area contributed by atoms with Crippen molar-refractivity contribution in [2.24, 2.45) is 5.73 Å². The average Bonchev–Trinajstić information content (AvgIpc) is 2.92. The molecule has 2 heterocycles. The van der Waals surface area contributed by atoms with E-state index in [1.165, 1.54) is 16.8 Å². The molecule has 0 saturated heterocycles. The van der Waals surface area contributed by atoms with E-state index in [1.54, 1.807) is 7.11 Å². The molecule has 1 aliphatic rings. The SMILES string of the molecule is COc1ccc2c(c1)CCc1c-2nc2ccc(CN)cn12. The lowest BCUT2D eigenvalue weighted by Gasteiger charge is -2.16. The third kappa shape index (κ3) is 1.83. The Labute approximate surface area is 123 Å². The lowest BCUT2D eigenvalue weighted by atomic mass is 9.92. The zero-order valence-electron chi connectivity index (χ0n) is 12.0. The fourth-order valence-corrected chi connectivity index (χ4v) is 3.10. The molecule has 0 saturated carbocycles. The van der Waals surface area contributed by atoms with E-state index in [9.17, 15) is 0 Å². The Hall–Kier alpha value is -2.33. The summed E-state index contributed by atoms with van der Waals surface area (Å²) in [4.78, 5) is 4.81. The number of aromatic nitrogens is 2. The zero-order chi connectivity index (χ0) is 14.4. The Morgan fingerprint density at radius 3 is 2.95 bits per heavy atom. The van der Waals surface area contributed by atoms with Gasteiger partial charge in [0.2, 0.25) is 0 Å². The standard InChI is InChI=1S/C17H17N3O/c1-21-13-4-5-14-12(8-13)3-6-15-17(14)19-16-7-2-11(9-18)10-20(15)16/h2,4-5,7-8,10H,3,6,9,18H2,1H3. The monoisotopic (exact) mass is 279 g/mol. The molecule has 0 unspecified atom stereocenters. The van der Waals surface area contributed by atoms with Crippen molar-refractivity contribution in [2.75, 3.05) is 7.11 Å². The van der Waals surface area contributed by atoms with Crippen LogP contribution in [0.4, 0.5) is 0 Å². The van der Waals surface area contributed by atoms with E-state index in [2.05, 4.69) is 22.7 Å². The smallest absolute Gasteiger partial charge is 0.137 e. The molecule has 0 radical (unpaired) electrons. The van der Waals surface area contributed by atoms with Crippen molar-refractivity contribution in [1.82, 2.24) is 9.38 Å². The van der Waals surface area contributed by atoms with Crippen molar-refractivity contribution in [2.45, 2.75) is 19.4 Å². The van der Waals surface area contributed by atoms with E-state index in [0.717, 1.165) is 35.5 Å². The molecular weight excluding hydrogens is 262 g/mol. The molecule has 2 N–H and O–H groups in total. The van der Waals surface area contributed by atoms with Gasteiger partial charge >= 0.3 is 0 Å². The van der Waals surface area contributed by atoms with Crippen molar-refractivity contribution in [1.29, 1.82) is 0 Å². The van der Waals surface area contributed by atoms with E-state index in [4.69, 9.17) is 15.5 Å². The summed E-state index contributed by atoms with van der Waals surface area (Å²) >= 11 is 0. The molecule has 0 amide bonds. The first-order valence-corrected chi connectivity index (χ1v) is 7.17. The van der Waals surface area contributed by atoms with E-state index in [1.807, 2.05) is 18.2 Å². The number of hydrogen-bond acceptors (Lipinski definition) is 3. The molecule has 21 heavy (non-hydrogen) atoms. The summed E-state index contributed by atoms with van der Waals surface area (Å²) in [5.41, 5.74) is 12.8. The minimum Gasteiger partial charge on any atom is -0.497 e. The van der Waals surface area contributed by atoms with E-state index in [0.29, 0.717) is 6.54 Å². The lowest BCUT2D eigenvalue weighted by molar-refractivity contribution is 0.414. The summed E-state index contributed by atoms with van der Waals surface area (Å²) in [7, 11) is 1.70. The molecule has 4 heteroatoms. The molecule has 0 aliphatic heterocycles. The van der Waals surface area contributed by atoms with Gasteiger partial charge in [-0.05, 0) is 48.2 Å². The molecule has 3 aromatic rings. The number of benzene rings is 1. The first-order valence-electron chi connectivity index (χ1n) is 7.17. The van der Waals surface area contributed by atoms with Crippen molar-refractivity contribution < 1.29 is 4.74 Å². The van der Waals surface area contributed by atoms with Gasteiger partial charge in [0.05, 0.1) is 18.5 Å². The number of methoxy groups -OCH3 is 1. The molecule has 4 rings (SSSR count). The van der Waals surface area contributed by atoms with Crippen LogP contribution in [0.3, 0.4) is 0 Å². The minimum atomic E-state index is 0.552. The highest BCUT2D eigenvalue weighted by Crippen LogP contribution is 2.35. The van der Waals surface area contributed by atoms with Crippen LogP contribution in [0.2, 0.25) is 0 Å². The summed E-state index contributed by atoms with van der Waals surface area (Å²) in [5, 5.41) is 0. The van der Waals surface area contributed by atoms with Crippen LogP contribution < -0.4 is 10.5 Å². The first kappa shape index (κ1) is 12.4. The molecule has 1 aliphatic carbocycles. The quantitative estimate of drug-likeness (QED) is 0.784. The van der Waals surface area contributed by atoms with Crippen LogP contribution in [0.5, 0.6) is 5.75 Å². The van der Waals surface area contributed by atoms with Gasteiger partial charge in [-0.2, -0.15) is 0 Å². The highest BCUT2D eigenvalue weighted by atomic mass is 16.5. The number of imidazole rings is 1.